The van der Waals surface area contributed by atoms with Gasteiger partial charge in [-0.3, -0.25) is 10.1 Å². The fourth-order valence-corrected chi connectivity index (χ4v) is 2.42. The maximum atomic E-state index is 12.0. The van der Waals surface area contributed by atoms with Gasteiger partial charge in [0.15, 0.2) is 0 Å². The highest BCUT2D eigenvalue weighted by molar-refractivity contribution is 7.89. The molecule has 2 aromatic carbocycles. The first-order valence-electron chi connectivity index (χ1n) is 6.17. The van der Waals surface area contributed by atoms with Gasteiger partial charge in [-0.2, -0.15) is 13.5 Å². The van der Waals surface area contributed by atoms with Gasteiger partial charge in [0.25, 0.3) is 15.7 Å². The highest BCUT2D eigenvalue weighted by Crippen LogP contribution is 2.21. The number of nitro benzene ring substituents is 1. The van der Waals surface area contributed by atoms with Crippen molar-refractivity contribution in [2.75, 3.05) is 5.73 Å². The first-order valence-corrected chi connectivity index (χ1v) is 7.66. The van der Waals surface area contributed by atoms with Gasteiger partial charge in [0.1, 0.15) is 5.75 Å². The van der Waals surface area contributed by atoms with Crippen LogP contribution in [0.25, 0.3) is 0 Å². The minimum absolute atomic E-state index is 0.000735. The summed E-state index contributed by atoms with van der Waals surface area (Å²) in [6.45, 7) is 0. The number of rotatable bonds is 5. The third kappa shape index (κ3) is 3.95. The molecule has 0 aromatic heterocycles. The zero-order valence-corrected chi connectivity index (χ0v) is 12.4. The maximum absolute atomic E-state index is 12.0. The van der Waals surface area contributed by atoms with Gasteiger partial charge in [0.05, 0.1) is 16.0 Å². The van der Waals surface area contributed by atoms with E-state index in [-0.39, 0.29) is 21.9 Å². The Morgan fingerprint density at radius 2 is 1.87 bits per heavy atom. The lowest BCUT2D eigenvalue weighted by molar-refractivity contribution is -0.384. The molecule has 0 saturated heterocycles. The van der Waals surface area contributed by atoms with Crippen molar-refractivity contribution in [2.45, 2.75) is 4.90 Å². The molecule has 0 radical (unpaired) electrons. The van der Waals surface area contributed by atoms with Crippen LogP contribution in [0.1, 0.15) is 5.56 Å². The van der Waals surface area contributed by atoms with Crippen molar-refractivity contribution in [3.05, 3.63) is 58.1 Å². The molecule has 9 nitrogen and oxygen atoms in total. The third-order valence-electron chi connectivity index (χ3n) is 2.79. The van der Waals surface area contributed by atoms with E-state index in [2.05, 4.69) is 5.10 Å². The maximum Gasteiger partial charge on any atom is 0.276 e. The van der Waals surface area contributed by atoms with Crippen LogP contribution in [0.3, 0.4) is 0 Å². The lowest BCUT2D eigenvalue weighted by Crippen LogP contribution is -2.18. The summed E-state index contributed by atoms with van der Waals surface area (Å²) in [5, 5.41) is 23.8. The van der Waals surface area contributed by atoms with Crippen LogP contribution in [-0.4, -0.2) is 24.7 Å². The van der Waals surface area contributed by atoms with Gasteiger partial charge in [-0.1, -0.05) is 0 Å². The van der Waals surface area contributed by atoms with Crippen LogP contribution in [-0.2, 0) is 10.0 Å². The van der Waals surface area contributed by atoms with E-state index >= 15 is 0 Å². The second-order valence-corrected chi connectivity index (χ2v) is 6.08. The van der Waals surface area contributed by atoms with Gasteiger partial charge in [0.2, 0.25) is 0 Å². The molecular weight excluding hydrogens is 324 g/mol. The van der Waals surface area contributed by atoms with Crippen molar-refractivity contribution < 1.29 is 18.4 Å². The number of benzene rings is 2. The molecule has 0 spiro atoms. The zero-order chi connectivity index (χ0) is 17.0. The lowest BCUT2D eigenvalue weighted by Gasteiger charge is -2.04. The number of non-ortho nitro benzene ring substituents is 1. The molecule has 0 amide bonds. The molecule has 0 saturated carbocycles. The normalized spacial score (nSPS) is 11.5. The Kier molecular flexibility index (Phi) is 4.46. The number of phenolic OH excluding ortho intramolecular Hbond substituents is 1. The monoisotopic (exact) mass is 336 g/mol. The van der Waals surface area contributed by atoms with Gasteiger partial charge in [-0.15, -0.1) is 0 Å². The van der Waals surface area contributed by atoms with Gasteiger partial charge < -0.3 is 10.8 Å². The summed E-state index contributed by atoms with van der Waals surface area (Å²) < 4.78 is 23.9. The van der Waals surface area contributed by atoms with E-state index in [1.54, 1.807) is 0 Å². The van der Waals surface area contributed by atoms with E-state index in [9.17, 15) is 23.6 Å². The number of sulfonamides is 1. The Bertz CT molecular complexity index is 862. The number of aromatic hydroxyl groups is 1. The Morgan fingerprint density at radius 1 is 1.22 bits per heavy atom. The number of hydrogen-bond acceptors (Lipinski definition) is 7. The first-order chi connectivity index (χ1) is 10.8. The predicted octanol–water partition coefficient (Wildman–Crippen LogP) is 1.20. The molecule has 120 valence electrons. The summed E-state index contributed by atoms with van der Waals surface area (Å²) in [5.74, 6) is -0.272. The van der Waals surface area contributed by atoms with Crippen LogP contribution in [0.5, 0.6) is 5.75 Å². The van der Waals surface area contributed by atoms with Crippen molar-refractivity contribution >= 4 is 27.6 Å². The zero-order valence-electron chi connectivity index (χ0n) is 11.6. The number of nitrogens with one attached hydrogen (secondary N) is 1. The summed E-state index contributed by atoms with van der Waals surface area (Å²) in [6, 6.07) is 8.75. The molecular formula is C13H12N4O5S. The molecule has 0 atom stereocenters. The number of nitrogens with zero attached hydrogens (tertiary/aromatic N) is 2. The predicted molar refractivity (Wildman–Crippen MR) is 83.5 cm³/mol. The fraction of sp³-hybridized carbons (Fsp3) is 0. The highest BCUT2D eigenvalue weighted by atomic mass is 32.2. The van der Waals surface area contributed by atoms with Crippen LogP contribution >= 0.6 is 0 Å². The van der Waals surface area contributed by atoms with Crippen molar-refractivity contribution in [1.82, 2.24) is 4.83 Å². The highest BCUT2D eigenvalue weighted by Gasteiger charge is 2.13. The molecule has 23 heavy (non-hydrogen) atoms. The molecule has 0 heterocycles. The molecule has 4 N–H and O–H groups in total. The van der Waals surface area contributed by atoms with Crippen LogP contribution < -0.4 is 10.6 Å². The molecule has 0 aliphatic heterocycles. The number of nitro groups is 1. The Labute approximate surface area is 131 Å². The van der Waals surface area contributed by atoms with E-state index in [4.69, 9.17) is 5.73 Å². The number of anilines is 1. The standard InChI is InChI=1S/C13H12N4O5S/c14-10-1-4-12(5-2-10)23(21,22)16-15-8-9-7-11(17(19)20)3-6-13(9)18/h1-8,16,18H,14H2/b15-8+. The average molecular weight is 336 g/mol. The molecule has 0 aliphatic rings. The second-order valence-electron chi connectivity index (χ2n) is 4.42. The quantitative estimate of drug-likeness (QED) is 0.323. The van der Waals surface area contributed by atoms with Crippen LogP contribution in [0.15, 0.2) is 52.5 Å². The van der Waals surface area contributed by atoms with E-state index in [0.29, 0.717) is 5.69 Å². The summed E-state index contributed by atoms with van der Waals surface area (Å²) in [6.07, 6.45) is 0.969. The lowest BCUT2D eigenvalue weighted by atomic mass is 10.2. The summed E-state index contributed by atoms with van der Waals surface area (Å²) in [5.41, 5.74) is 5.63. The smallest absolute Gasteiger partial charge is 0.276 e. The largest absolute Gasteiger partial charge is 0.507 e. The molecule has 2 rings (SSSR count). The van der Waals surface area contributed by atoms with Crippen molar-refractivity contribution in [2.24, 2.45) is 5.10 Å². The third-order valence-corrected chi connectivity index (χ3v) is 4.03. The average Bonchev–Trinajstić information content (AvgIpc) is 2.49. The van der Waals surface area contributed by atoms with Crippen molar-refractivity contribution in [3.8, 4) is 5.75 Å². The minimum atomic E-state index is -3.91. The Hall–Kier alpha value is -3.14. The fourth-order valence-electron chi connectivity index (χ4n) is 1.62. The van der Waals surface area contributed by atoms with Gasteiger partial charge in [-0.05, 0) is 30.3 Å². The molecule has 0 fully saturated rings. The molecule has 10 heteroatoms. The number of nitrogens with two attached hydrogens (primary N) is 1. The van der Waals surface area contributed by atoms with Crippen LogP contribution in [0, 0.1) is 10.1 Å². The molecule has 0 aliphatic carbocycles. The van der Waals surface area contributed by atoms with Gasteiger partial charge in [0, 0.05) is 23.4 Å². The summed E-state index contributed by atoms with van der Waals surface area (Å²) >= 11 is 0. The van der Waals surface area contributed by atoms with Gasteiger partial charge >= 0.3 is 0 Å². The number of nitrogen functional groups attached to an aromatic ring is 1. The Morgan fingerprint density at radius 3 is 2.48 bits per heavy atom. The van der Waals surface area contributed by atoms with E-state index in [0.717, 1.165) is 24.4 Å². The van der Waals surface area contributed by atoms with Crippen molar-refractivity contribution in [3.63, 3.8) is 0 Å². The van der Waals surface area contributed by atoms with Gasteiger partial charge in [-0.25, -0.2) is 4.83 Å². The topological polar surface area (TPSA) is 148 Å². The SMILES string of the molecule is Nc1ccc(S(=O)(=O)N/N=C/c2cc([N+](=O)[O-])ccc2O)cc1. The number of hydrazone groups is 1. The molecule has 0 bridgehead atoms. The number of hydrogen-bond donors (Lipinski definition) is 3. The van der Waals surface area contributed by atoms with E-state index < -0.39 is 14.9 Å². The second kappa shape index (κ2) is 6.32. The summed E-state index contributed by atoms with van der Waals surface area (Å²) in [4.78, 5) is 11.9. The molecule has 2 aromatic rings. The number of phenols is 1. The first kappa shape index (κ1) is 16.2. The van der Waals surface area contributed by atoms with Crippen LogP contribution in [0.2, 0.25) is 0 Å². The summed E-state index contributed by atoms with van der Waals surface area (Å²) in [7, 11) is -3.91. The van der Waals surface area contributed by atoms with E-state index in [1.807, 2.05) is 4.83 Å². The Balaban J connectivity index is 2.19. The van der Waals surface area contributed by atoms with E-state index in [1.165, 1.54) is 24.3 Å². The van der Waals surface area contributed by atoms with Crippen molar-refractivity contribution in [1.29, 1.82) is 0 Å². The minimum Gasteiger partial charge on any atom is -0.507 e. The van der Waals surface area contributed by atoms with Crippen LogP contribution in [0.4, 0.5) is 11.4 Å². The molecule has 0 unspecified atom stereocenters.